The Hall–Kier alpha value is -1.40. The first-order valence-corrected chi connectivity index (χ1v) is 6.24. The number of anilines is 2. The van der Waals surface area contributed by atoms with Crippen molar-refractivity contribution in [2.24, 2.45) is 5.84 Å². The summed E-state index contributed by atoms with van der Waals surface area (Å²) in [7, 11) is 0. The molecule has 17 heavy (non-hydrogen) atoms. The molecule has 2 rings (SSSR count). The normalized spacial score (nSPS) is 11.8. The topological polar surface area (TPSA) is 75.9 Å². The van der Waals surface area contributed by atoms with Crippen LogP contribution in [-0.2, 0) is 0 Å². The molecule has 0 aliphatic carbocycles. The summed E-state index contributed by atoms with van der Waals surface area (Å²) in [6.07, 6.45) is 0. The molecule has 5 nitrogen and oxygen atoms in total. The first-order chi connectivity index (χ1) is 7.89. The lowest BCUT2D eigenvalue weighted by Gasteiger charge is -2.21. The lowest BCUT2D eigenvalue weighted by atomic mass is 10.1. The molecule has 0 spiro atoms. The number of hydrogen-bond acceptors (Lipinski definition) is 6. The zero-order chi connectivity index (χ0) is 12.6. The van der Waals surface area contributed by atoms with Crippen LogP contribution in [0.1, 0.15) is 25.6 Å². The van der Waals surface area contributed by atoms with Crippen molar-refractivity contribution in [2.45, 2.75) is 33.2 Å². The first-order valence-electron chi connectivity index (χ1n) is 5.42. The molecular weight excluding hydrogens is 234 g/mol. The zero-order valence-corrected chi connectivity index (χ0v) is 11.3. The molecule has 92 valence electrons. The Morgan fingerprint density at radius 2 is 2.00 bits per heavy atom. The van der Waals surface area contributed by atoms with Gasteiger partial charge in [0.25, 0.3) is 0 Å². The van der Waals surface area contributed by atoms with Crippen molar-refractivity contribution < 1.29 is 0 Å². The first kappa shape index (κ1) is 12.1. The van der Waals surface area contributed by atoms with Gasteiger partial charge in [-0.25, -0.2) is 10.8 Å². The molecule has 2 aromatic heterocycles. The summed E-state index contributed by atoms with van der Waals surface area (Å²) in [5.41, 5.74) is 2.45. The maximum atomic E-state index is 5.38. The van der Waals surface area contributed by atoms with Gasteiger partial charge in [-0.3, -0.25) is 5.43 Å². The van der Waals surface area contributed by atoms with E-state index in [-0.39, 0.29) is 5.54 Å². The van der Waals surface area contributed by atoms with E-state index in [2.05, 4.69) is 54.5 Å². The fourth-order valence-electron chi connectivity index (χ4n) is 1.56. The number of aryl methyl sites for hydroxylation is 1. The molecule has 0 radical (unpaired) electrons. The number of fused-ring (bicyclic) bond motifs is 1. The number of nitrogens with zero attached hydrogens (tertiary/aromatic N) is 2. The molecule has 0 bridgehead atoms. The lowest BCUT2D eigenvalue weighted by molar-refractivity contribution is 0.631. The van der Waals surface area contributed by atoms with Gasteiger partial charge in [-0.15, -0.1) is 11.3 Å². The van der Waals surface area contributed by atoms with Crippen LogP contribution in [0.15, 0.2) is 6.07 Å². The number of nitrogens with two attached hydrogens (primary N) is 1. The van der Waals surface area contributed by atoms with Gasteiger partial charge in [0.05, 0.1) is 5.39 Å². The van der Waals surface area contributed by atoms with E-state index in [1.165, 1.54) is 4.88 Å². The van der Waals surface area contributed by atoms with Gasteiger partial charge in [-0.05, 0) is 33.8 Å². The van der Waals surface area contributed by atoms with E-state index in [1.807, 2.05) is 0 Å². The van der Waals surface area contributed by atoms with Crippen LogP contribution in [0.4, 0.5) is 11.8 Å². The molecule has 0 saturated heterocycles. The Balaban J connectivity index is 2.58. The highest BCUT2D eigenvalue weighted by atomic mass is 32.1. The predicted molar refractivity (Wildman–Crippen MR) is 73.3 cm³/mol. The van der Waals surface area contributed by atoms with Crippen LogP contribution in [0, 0.1) is 6.92 Å². The van der Waals surface area contributed by atoms with Crippen LogP contribution in [0.2, 0.25) is 0 Å². The van der Waals surface area contributed by atoms with E-state index in [0.29, 0.717) is 5.95 Å². The van der Waals surface area contributed by atoms with E-state index >= 15 is 0 Å². The number of hydrogen-bond donors (Lipinski definition) is 3. The van der Waals surface area contributed by atoms with E-state index in [9.17, 15) is 0 Å². The molecule has 0 aromatic carbocycles. The monoisotopic (exact) mass is 251 g/mol. The molecule has 0 saturated carbocycles. The predicted octanol–water partition coefficient (Wildman–Crippen LogP) is 2.50. The summed E-state index contributed by atoms with van der Waals surface area (Å²) >= 11 is 1.64. The van der Waals surface area contributed by atoms with Crippen LogP contribution in [-0.4, -0.2) is 15.5 Å². The van der Waals surface area contributed by atoms with Gasteiger partial charge in [0.1, 0.15) is 10.6 Å². The quantitative estimate of drug-likeness (QED) is 0.565. The van der Waals surface area contributed by atoms with E-state index in [4.69, 9.17) is 5.84 Å². The van der Waals surface area contributed by atoms with Crippen molar-refractivity contribution in [1.82, 2.24) is 9.97 Å². The van der Waals surface area contributed by atoms with E-state index < -0.39 is 0 Å². The van der Waals surface area contributed by atoms with Crippen molar-refractivity contribution in [3.05, 3.63) is 10.9 Å². The van der Waals surface area contributed by atoms with Crippen molar-refractivity contribution in [3.63, 3.8) is 0 Å². The summed E-state index contributed by atoms with van der Waals surface area (Å²) in [6, 6.07) is 2.09. The number of thiophene rings is 1. The fourth-order valence-corrected chi connectivity index (χ4v) is 2.44. The molecule has 0 fully saturated rings. The average molecular weight is 251 g/mol. The Morgan fingerprint density at radius 3 is 2.59 bits per heavy atom. The van der Waals surface area contributed by atoms with Gasteiger partial charge in [-0.2, -0.15) is 4.98 Å². The van der Waals surface area contributed by atoms with E-state index in [0.717, 1.165) is 16.0 Å². The summed E-state index contributed by atoms with van der Waals surface area (Å²) in [5.74, 6) is 6.64. The Kier molecular flexibility index (Phi) is 2.92. The highest BCUT2D eigenvalue weighted by Gasteiger charge is 2.15. The number of nitrogen functional groups attached to an aromatic ring is 1. The lowest BCUT2D eigenvalue weighted by Crippen LogP contribution is -2.27. The Bertz CT molecular complexity index is 541. The third-order valence-electron chi connectivity index (χ3n) is 2.14. The summed E-state index contributed by atoms with van der Waals surface area (Å²) in [5, 5.41) is 4.42. The minimum absolute atomic E-state index is 0.0526. The van der Waals surface area contributed by atoms with Crippen molar-refractivity contribution in [3.8, 4) is 0 Å². The van der Waals surface area contributed by atoms with Gasteiger partial charge >= 0.3 is 0 Å². The van der Waals surface area contributed by atoms with Gasteiger partial charge in [-0.1, -0.05) is 0 Å². The second kappa shape index (κ2) is 4.12. The van der Waals surface area contributed by atoms with Gasteiger partial charge in [0.2, 0.25) is 5.95 Å². The molecule has 2 aromatic rings. The maximum Gasteiger partial charge on any atom is 0.240 e. The molecule has 0 aliphatic rings. The Morgan fingerprint density at radius 1 is 1.29 bits per heavy atom. The molecule has 6 heteroatoms. The second-order valence-electron chi connectivity index (χ2n) is 4.99. The highest BCUT2D eigenvalue weighted by Crippen LogP contribution is 2.30. The van der Waals surface area contributed by atoms with Crippen molar-refractivity contribution in [2.75, 3.05) is 10.7 Å². The largest absolute Gasteiger partial charge is 0.365 e. The molecule has 0 atom stereocenters. The standard InChI is InChI=1S/C11H17N5S/c1-6-5-7-8(15-11(2,3)4)13-10(16-12)14-9(7)17-6/h5H,12H2,1-4H3,(H2,13,14,15,16). The SMILES string of the molecule is Cc1cc2c(NC(C)(C)C)nc(NN)nc2s1. The second-order valence-corrected chi connectivity index (χ2v) is 6.23. The minimum atomic E-state index is -0.0526. The molecule has 4 N–H and O–H groups in total. The van der Waals surface area contributed by atoms with Crippen LogP contribution in [0.5, 0.6) is 0 Å². The number of rotatable bonds is 2. The molecular formula is C11H17N5S. The van der Waals surface area contributed by atoms with Gasteiger partial charge < -0.3 is 5.32 Å². The smallest absolute Gasteiger partial charge is 0.240 e. The highest BCUT2D eigenvalue weighted by molar-refractivity contribution is 7.18. The van der Waals surface area contributed by atoms with Crippen LogP contribution in [0.25, 0.3) is 10.2 Å². The molecule has 0 unspecified atom stereocenters. The third kappa shape index (κ3) is 2.65. The van der Waals surface area contributed by atoms with Crippen LogP contribution < -0.4 is 16.6 Å². The van der Waals surface area contributed by atoms with Crippen molar-refractivity contribution in [1.29, 1.82) is 0 Å². The van der Waals surface area contributed by atoms with Crippen LogP contribution >= 0.6 is 11.3 Å². The number of nitrogens with one attached hydrogen (secondary N) is 2. The zero-order valence-electron chi connectivity index (χ0n) is 10.5. The summed E-state index contributed by atoms with van der Waals surface area (Å²) in [6.45, 7) is 8.34. The number of hydrazine groups is 1. The summed E-state index contributed by atoms with van der Waals surface area (Å²) < 4.78 is 0. The average Bonchev–Trinajstić information content (AvgIpc) is 2.56. The third-order valence-corrected chi connectivity index (χ3v) is 3.08. The molecule has 0 aliphatic heterocycles. The molecule has 2 heterocycles. The number of aromatic nitrogens is 2. The van der Waals surface area contributed by atoms with E-state index in [1.54, 1.807) is 11.3 Å². The van der Waals surface area contributed by atoms with Crippen LogP contribution in [0.3, 0.4) is 0 Å². The van der Waals surface area contributed by atoms with Gasteiger partial charge in [0, 0.05) is 10.4 Å². The minimum Gasteiger partial charge on any atom is -0.365 e. The van der Waals surface area contributed by atoms with Crippen molar-refractivity contribution >= 4 is 33.3 Å². The Labute approximate surface area is 104 Å². The maximum absolute atomic E-state index is 5.38. The fraction of sp³-hybridized carbons (Fsp3) is 0.455. The molecule has 0 amide bonds. The van der Waals surface area contributed by atoms with Gasteiger partial charge in [0.15, 0.2) is 0 Å². The summed E-state index contributed by atoms with van der Waals surface area (Å²) in [4.78, 5) is 10.9.